The first kappa shape index (κ1) is 23.2. The van der Waals surface area contributed by atoms with Gasteiger partial charge < -0.3 is 10.2 Å². The Kier molecular flexibility index (Phi) is 5.67. The molecule has 0 atom stereocenters. The summed E-state index contributed by atoms with van der Waals surface area (Å²) < 4.78 is 0. The number of phenolic OH excluding ortho intramolecular Hbond substituents is 2. The van der Waals surface area contributed by atoms with Crippen molar-refractivity contribution in [1.29, 1.82) is 0 Å². The molecule has 2 N–H and O–H groups in total. The van der Waals surface area contributed by atoms with Crippen LogP contribution in [0, 0.1) is 11.8 Å². The lowest BCUT2D eigenvalue weighted by Gasteiger charge is -2.63. The zero-order valence-corrected chi connectivity index (χ0v) is 22.0. The van der Waals surface area contributed by atoms with Crippen molar-refractivity contribution in [3.05, 3.63) is 58.7 Å². The predicted octanol–water partition coefficient (Wildman–Crippen LogP) is 8.98. The second-order valence-electron chi connectivity index (χ2n) is 13.7. The molecular formula is C34H44O2. The summed E-state index contributed by atoms with van der Waals surface area (Å²) in [6.45, 7) is 0. The molecule has 6 aliphatic rings. The molecule has 6 saturated carbocycles. The van der Waals surface area contributed by atoms with Crippen LogP contribution in [0.2, 0.25) is 0 Å². The number of rotatable bonds is 4. The Hall–Kier alpha value is -1.96. The van der Waals surface area contributed by atoms with E-state index in [1.54, 1.807) is 0 Å². The van der Waals surface area contributed by atoms with Crippen molar-refractivity contribution in [2.24, 2.45) is 11.8 Å². The van der Waals surface area contributed by atoms with Crippen molar-refractivity contribution in [2.75, 3.05) is 0 Å². The van der Waals surface area contributed by atoms with Crippen LogP contribution in [0.3, 0.4) is 0 Å². The van der Waals surface area contributed by atoms with Crippen LogP contribution in [0.15, 0.2) is 36.4 Å². The molecular weight excluding hydrogens is 440 g/mol. The Labute approximate surface area is 217 Å². The van der Waals surface area contributed by atoms with Crippen molar-refractivity contribution in [2.45, 2.75) is 125 Å². The van der Waals surface area contributed by atoms with Crippen LogP contribution >= 0.6 is 0 Å². The van der Waals surface area contributed by atoms with Crippen molar-refractivity contribution in [3.8, 4) is 11.5 Å². The van der Waals surface area contributed by atoms with E-state index < -0.39 is 0 Å². The van der Waals surface area contributed by atoms with Gasteiger partial charge in [0.1, 0.15) is 11.5 Å². The molecule has 6 fully saturated rings. The topological polar surface area (TPSA) is 40.5 Å². The number of hydrogen-bond donors (Lipinski definition) is 2. The third kappa shape index (κ3) is 3.81. The Balaban J connectivity index is 1.26. The average molecular weight is 485 g/mol. The lowest BCUT2D eigenvalue weighted by molar-refractivity contribution is -0.0282. The van der Waals surface area contributed by atoms with Crippen molar-refractivity contribution >= 4 is 0 Å². The van der Waals surface area contributed by atoms with Gasteiger partial charge in [-0.25, -0.2) is 0 Å². The first-order valence-electron chi connectivity index (χ1n) is 15.2. The zero-order valence-electron chi connectivity index (χ0n) is 22.0. The summed E-state index contributed by atoms with van der Waals surface area (Å²) in [6.07, 6.45) is 20.8. The first-order valence-corrected chi connectivity index (χ1v) is 15.2. The van der Waals surface area contributed by atoms with E-state index in [0.29, 0.717) is 23.3 Å². The van der Waals surface area contributed by atoms with Gasteiger partial charge in [-0.3, -0.25) is 0 Å². The quantitative estimate of drug-likeness (QED) is 0.454. The first-order chi connectivity index (χ1) is 17.5. The summed E-state index contributed by atoms with van der Waals surface area (Å²) >= 11 is 0. The van der Waals surface area contributed by atoms with Gasteiger partial charge in [-0.1, -0.05) is 62.8 Å². The highest BCUT2D eigenvalue weighted by molar-refractivity contribution is 5.47. The molecule has 0 aliphatic heterocycles. The summed E-state index contributed by atoms with van der Waals surface area (Å²) in [5.41, 5.74) is 6.02. The zero-order chi connectivity index (χ0) is 24.3. The molecule has 0 spiro atoms. The van der Waals surface area contributed by atoms with Crippen LogP contribution in [0.1, 0.15) is 137 Å². The Morgan fingerprint density at radius 2 is 0.972 bits per heavy atom. The molecule has 2 heteroatoms. The standard InChI is InChI=1S/C34H44O2/c35-31-13-11-27(16-29(31)25-7-3-1-4-8-25)33-18-23-15-24(19-33)21-34(20-23,22-33)28-12-14-32(36)30(17-28)26-9-5-2-6-10-26/h11-14,16-17,23-26,35-36H,1-10,15,18-22H2. The molecule has 4 bridgehead atoms. The SMILES string of the molecule is Oc1ccc(C23CC4CC(C2)CC(c2ccc(O)c(C5CCCCC5)c2)(C4)C3)cc1C1CCCCC1. The molecule has 6 aliphatic carbocycles. The minimum absolute atomic E-state index is 0.254. The van der Waals surface area contributed by atoms with Crippen LogP contribution in [0.5, 0.6) is 11.5 Å². The highest BCUT2D eigenvalue weighted by atomic mass is 16.3. The molecule has 0 saturated heterocycles. The van der Waals surface area contributed by atoms with E-state index in [-0.39, 0.29) is 10.8 Å². The van der Waals surface area contributed by atoms with Crippen molar-refractivity contribution in [3.63, 3.8) is 0 Å². The molecule has 192 valence electrons. The summed E-state index contributed by atoms with van der Waals surface area (Å²) in [5, 5.41) is 21.7. The van der Waals surface area contributed by atoms with Gasteiger partial charge in [0, 0.05) is 0 Å². The fraction of sp³-hybridized carbons (Fsp3) is 0.647. The number of benzene rings is 2. The fourth-order valence-electron chi connectivity index (χ4n) is 10.2. The van der Waals surface area contributed by atoms with Gasteiger partial charge in [0.15, 0.2) is 0 Å². The third-order valence-electron chi connectivity index (χ3n) is 11.4. The second-order valence-corrected chi connectivity index (χ2v) is 13.7. The Morgan fingerprint density at radius 3 is 1.39 bits per heavy atom. The molecule has 36 heavy (non-hydrogen) atoms. The van der Waals surface area contributed by atoms with E-state index in [4.69, 9.17) is 0 Å². The summed E-state index contributed by atoms with van der Waals surface area (Å²) in [7, 11) is 0. The van der Waals surface area contributed by atoms with Gasteiger partial charge in [-0.2, -0.15) is 0 Å². The van der Waals surface area contributed by atoms with Gasteiger partial charge in [-0.05, 0) is 133 Å². The van der Waals surface area contributed by atoms with E-state index >= 15 is 0 Å². The molecule has 2 aromatic rings. The third-order valence-corrected chi connectivity index (χ3v) is 11.4. The van der Waals surface area contributed by atoms with Gasteiger partial charge in [0.25, 0.3) is 0 Å². The number of hydrogen-bond acceptors (Lipinski definition) is 2. The number of phenols is 2. The van der Waals surface area contributed by atoms with Crippen molar-refractivity contribution in [1.82, 2.24) is 0 Å². The fourth-order valence-corrected chi connectivity index (χ4v) is 10.2. The maximum atomic E-state index is 10.9. The predicted molar refractivity (Wildman–Crippen MR) is 146 cm³/mol. The Bertz CT molecular complexity index is 1020. The highest BCUT2D eigenvalue weighted by Gasteiger charge is 2.58. The smallest absolute Gasteiger partial charge is 0.119 e. The molecule has 2 aromatic carbocycles. The maximum Gasteiger partial charge on any atom is 0.119 e. The largest absolute Gasteiger partial charge is 0.508 e. The molecule has 2 nitrogen and oxygen atoms in total. The van der Waals surface area contributed by atoms with E-state index in [0.717, 1.165) is 11.8 Å². The van der Waals surface area contributed by atoms with Crippen LogP contribution in [-0.4, -0.2) is 10.2 Å². The monoisotopic (exact) mass is 484 g/mol. The minimum atomic E-state index is 0.254. The molecule has 0 aromatic heterocycles. The van der Waals surface area contributed by atoms with Crippen LogP contribution < -0.4 is 0 Å². The van der Waals surface area contributed by atoms with Crippen LogP contribution in [-0.2, 0) is 10.8 Å². The van der Waals surface area contributed by atoms with E-state index in [1.165, 1.54) is 125 Å². The van der Waals surface area contributed by atoms with Crippen LogP contribution in [0.25, 0.3) is 0 Å². The number of aromatic hydroxyl groups is 2. The van der Waals surface area contributed by atoms with E-state index in [2.05, 4.69) is 24.3 Å². The normalized spacial score (nSPS) is 34.8. The van der Waals surface area contributed by atoms with E-state index in [9.17, 15) is 10.2 Å². The van der Waals surface area contributed by atoms with Crippen LogP contribution in [0.4, 0.5) is 0 Å². The van der Waals surface area contributed by atoms with Gasteiger partial charge in [-0.15, -0.1) is 0 Å². The maximum absolute atomic E-state index is 10.9. The van der Waals surface area contributed by atoms with Gasteiger partial charge in [0.05, 0.1) is 0 Å². The lowest BCUT2D eigenvalue weighted by Crippen LogP contribution is -2.56. The summed E-state index contributed by atoms with van der Waals surface area (Å²) in [5.74, 6) is 3.75. The summed E-state index contributed by atoms with van der Waals surface area (Å²) in [6, 6.07) is 13.5. The lowest BCUT2D eigenvalue weighted by atomic mass is 9.41. The van der Waals surface area contributed by atoms with Gasteiger partial charge >= 0.3 is 0 Å². The minimum Gasteiger partial charge on any atom is -0.508 e. The van der Waals surface area contributed by atoms with E-state index in [1.807, 2.05) is 12.1 Å². The molecule has 0 heterocycles. The highest BCUT2D eigenvalue weighted by Crippen LogP contribution is 2.66. The second kappa shape index (κ2) is 8.81. The molecule has 8 rings (SSSR count). The molecule has 0 unspecified atom stereocenters. The molecule has 0 radical (unpaired) electrons. The average Bonchev–Trinajstić information content (AvgIpc) is 2.89. The summed E-state index contributed by atoms with van der Waals surface area (Å²) in [4.78, 5) is 0. The Morgan fingerprint density at radius 1 is 0.556 bits per heavy atom. The molecule has 0 amide bonds. The van der Waals surface area contributed by atoms with Gasteiger partial charge in [0.2, 0.25) is 0 Å². The van der Waals surface area contributed by atoms with Crippen molar-refractivity contribution < 1.29 is 10.2 Å².